The molecule has 0 spiro atoms. The van der Waals surface area contributed by atoms with Crippen LogP contribution in [-0.4, -0.2) is 6.66 Å². The molecule has 0 heterocycles. The van der Waals surface area contributed by atoms with Gasteiger partial charge in [0.2, 0.25) is 0 Å². The van der Waals surface area contributed by atoms with E-state index in [-0.39, 0.29) is 10.8 Å². The van der Waals surface area contributed by atoms with E-state index in [1.54, 1.807) is 3.87 Å². The summed E-state index contributed by atoms with van der Waals surface area (Å²) in [5.41, 5.74) is 7.67. The van der Waals surface area contributed by atoms with Crippen LogP contribution < -0.4 is 8.08 Å². The normalized spacial score (nSPS) is 17.2. The summed E-state index contributed by atoms with van der Waals surface area (Å²) in [6.45, 7) is 20.4. The monoisotopic (exact) mass is 420 g/mol. The predicted molar refractivity (Wildman–Crippen MR) is 125 cm³/mol. The molecule has 2 rings (SSSR count). The molecule has 1 aromatic rings. The molecule has 27 heavy (non-hydrogen) atoms. The summed E-state index contributed by atoms with van der Waals surface area (Å²) in [5, 5.41) is 4.94. The minimum absolute atomic E-state index is 0.108. The first-order chi connectivity index (χ1) is 12.0. The topological polar surface area (TPSA) is 26.0 Å². The Morgan fingerprint density at radius 1 is 1.00 bits per heavy atom. The first-order valence-corrected chi connectivity index (χ1v) is 20.9. The van der Waals surface area contributed by atoms with E-state index in [0.717, 1.165) is 6.42 Å². The van der Waals surface area contributed by atoms with E-state index in [0.29, 0.717) is 0 Å². The molecule has 3 heteroatoms. The van der Waals surface area contributed by atoms with Crippen LogP contribution in [0.25, 0.3) is 5.57 Å². The van der Waals surface area contributed by atoms with Gasteiger partial charge < -0.3 is 0 Å². The molecular weight excluding hydrogens is 378 g/mol. The van der Waals surface area contributed by atoms with Gasteiger partial charge in [-0.25, -0.2) is 0 Å². The number of rotatable bonds is 3. The van der Waals surface area contributed by atoms with E-state index < -0.39 is 21.5 Å². The number of allylic oxidation sites excluding steroid dienone is 4. The first kappa shape index (κ1) is 22.9. The van der Waals surface area contributed by atoms with Crippen LogP contribution in [0.2, 0.25) is 23.6 Å². The molecule has 1 aliphatic rings. The van der Waals surface area contributed by atoms with Gasteiger partial charge in [0, 0.05) is 0 Å². The number of hydrogen-bond donors (Lipinski definition) is 1. The van der Waals surface area contributed by atoms with Crippen molar-refractivity contribution in [3.05, 3.63) is 46.5 Å². The Bertz CT molecular complexity index is 806. The Balaban J connectivity index is 3.07. The number of hydrogen-bond acceptors (Lipinski definition) is 1. The van der Waals surface area contributed by atoms with Crippen LogP contribution in [0.3, 0.4) is 0 Å². The van der Waals surface area contributed by atoms with Crippen LogP contribution in [0.5, 0.6) is 0 Å². The van der Waals surface area contributed by atoms with Crippen LogP contribution in [0, 0.1) is 6.92 Å². The molecular formula is C24H42NSiTi. The van der Waals surface area contributed by atoms with Gasteiger partial charge >= 0.3 is 171 Å². The molecule has 0 unspecified atom stereocenters. The van der Waals surface area contributed by atoms with Gasteiger partial charge in [0.1, 0.15) is 0 Å². The van der Waals surface area contributed by atoms with Crippen molar-refractivity contribution in [1.29, 1.82) is 0 Å². The van der Waals surface area contributed by atoms with Gasteiger partial charge in [-0.3, -0.25) is 0 Å². The summed E-state index contributed by atoms with van der Waals surface area (Å²) in [7, 11) is 0. The van der Waals surface area contributed by atoms with Crippen molar-refractivity contribution in [3.8, 4) is 0 Å². The summed E-state index contributed by atoms with van der Waals surface area (Å²) in [4.78, 5) is 0. The molecule has 0 radical (unpaired) electrons. The maximum atomic E-state index is 7.44. The summed E-state index contributed by atoms with van der Waals surface area (Å²) in [5.74, 6) is 0. The standard InChI is InChI=1S/C20H27.C2H7Si.2CH3.H2N.Ti/c1-14-16(15-10-8-9-11-15)12-13-17(19(2,3)4)18(14)20(5,6)7;1-3-2;;;;/h8-10,13H,11H2,1-7H3;3H,1-2H3;2*1H3;1H2;/q;;;;-1;+1. The van der Waals surface area contributed by atoms with Crippen LogP contribution in [0.1, 0.15) is 70.2 Å². The van der Waals surface area contributed by atoms with Gasteiger partial charge in [0.15, 0.2) is 0 Å². The van der Waals surface area contributed by atoms with Crippen molar-refractivity contribution in [3.63, 3.8) is 0 Å². The summed E-state index contributed by atoms with van der Waals surface area (Å²) in [6.07, 6.45) is 7.85. The molecule has 151 valence electrons. The van der Waals surface area contributed by atoms with Crippen molar-refractivity contribution < 1.29 is 14.8 Å². The molecule has 0 fully saturated rings. The zero-order valence-corrected chi connectivity index (χ0v) is 22.4. The van der Waals surface area contributed by atoms with Gasteiger partial charge in [0.25, 0.3) is 0 Å². The third kappa shape index (κ3) is 4.15. The Kier molecular flexibility index (Phi) is 5.79. The molecule has 0 aromatic heterocycles. The fourth-order valence-electron chi connectivity index (χ4n) is 4.36. The Hall–Kier alpha value is -0.409. The molecule has 0 amide bonds. The zero-order chi connectivity index (χ0) is 21.0. The second-order valence-corrected chi connectivity index (χ2v) is 36.0. The average molecular weight is 421 g/mol. The van der Waals surface area contributed by atoms with Crippen LogP contribution in [0.15, 0.2) is 24.3 Å². The van der Waals surface area contributed by atoms with Crippen molar-refractivity contribution in [2.75, 3.05) is 0 Å². The Morgan fingerprint density at radius 2 is 1.56 bits per heavy atom. The third-order valence-electron chi connectivity index (χ3n) is 6.85. The van der Waals surface area contributed by atoms with Crippen molar-refractivity contribution >= 4 is 16.1 Å². The second-order valence-electron chi connectivity index (χ2n) is 11.9. The average Bonchev–Trinajstić information content (AvgIpc) is 2.96. The first-order valence-electron chi connectivity index (χ1n) is 10.5. The molecule has 1 nitrogen and oxygen atoms in total. The van der Waals surface area contributed by atoms with Gasteiger partial charge in [-0.2, -0.15) is 0 Å². The minimum atomic E-state index is -3.22. The third-order valence-corrected chi connectivity index (χ3v) is 31.6. The van der Waals surface area contributed by atoms with Gasteiger partial charge in [0.05, 0.1) is 0 Å². The summed E-state index contributed by atoms with van der Waals surface area (Å²) < 4.78 is 8.98. The Labute approximate surface area is 170 Å². The number of benzene rings is 1. The predicted octanol–water partition coefficient (Wildman–Crippen LogP) is 6.20. The van der Waals surface area contributed by atoms with E-state index in [4.69, 9.17) is 4.22 Å². The van der Waals surface area contributed by atoms with Crippen molar-refractivity contribution in [1.82, 2.24) is 0 Å². The van der Waals surface area contributed by atoms with Gasteiger partial charge in [-0.15, -0.1) is 0 Å². The van der Waals surface area contributed by atoms with Crippen LogP contribution >= 0.6 is 0 Å². The molecule has 1 aromatic carbocycles. The summed E-state index contributed by atoms with van der Waals surface area (Å²) in [6, 6.07) is 2.56. The van der Waals surface area contributed by atoms with E-state index in [1.165, 1.54) is 27.8 Å². The molecule has 0 saturated heterocycles. The maximum absolute atomic E-state index is 7.44. The van der Waals surface area contributed by atoms with E-state index in [2.05, 4.69) is 96.3 Å². The second kappa shape index (κ2) is 6.83. The van der Waals surface area contributed by atoms with Crippen molar-refractivity contribution in [2.45, 2.75) is 89.3 Å². The molecule has 2 N–H and O–H groups in total. The van der Waals surface area contributed by atoms with Gasteiger partial charge in [-0.1, -0.05) is 0 Å². The fourth-order valence-corrected chi connectivity index (χ4v) is 11.5. The zero-order valence-electron chi connectivity index (χ0n) is 19.7. The van der Waals surface area contributed by atoms with E-state index in [1.807, 2.05) is 0 Å². The fraction of sp³-hybridized carbons (Fsp3) is 0.583. The number of nitrogens with two attached hydrogens (primary N) is 1. The van der Waals surface area contributed by atoms with Gasteiger partial charge in [-0.05, 0) is 0 Å². The van der Waals surface area contributed by atoms with Crippen molar-refractivity contribution in [2.24, 2.45) is 4.22 Å². The van der Waals surface area contributed by atoms with Crippen LogP contribution in [-0.2, 0) is 25.6 Å². The SMILES string of the molecule is Cc1c(C2=CC=CC2)[c]([Ti]([CH3])([CH3])([NH2])[SiH](C)C)cc(C(C)(C)C)c1C(C)(C)C. The molecule has 1 aliphatic carbocycles. The van der Waals surface area contributed by atoms with E-state index >= 15 is 0 Å². The quantitative estimate of drug-likeness (QED) is 0.579. The summed E-state index contributed by atoms with van der Waals surface area (Å²) >= 11 is -3.22. The van der Waals surface area contributed by atoms with E-state index in [9.17, 15) is 0 Å². The molecule has 0 atom stereocenters. The van der Waals surface area contributed by atoms with Crippen LogP contribution in [0.4, 0.5) is 0 Å². The molecule has 0 saturated carbocycles. The molecule has 0 aliphatic heterocycles. The molecule has 0 bridgehead atoms. The Morgan fingerprint density at radius 3 is 1.93 bits per heavy atom.